The van der Waals surface area contributed by atoms with Crippen molar-refractivity contribution in [3.8, 4) is 17.2 Å². The first-order valence-corrected chi connectivity index (χ1v) is 22.5. The highest BCUT2D eigenvalue weighted by Gasteiger charge is 2.37. The topological polar surface area (TPSA) is 108 Å². The number of carbonyl (C=O) groups is 1. The number of imidazole rings is 1. The van der Waals surface area contributed by atoms with Crippen molar-refractivity contribution in [2.45, 2.75) is 72.4 Å². The van der Waals surface area contributed by atoms with E-state index in [1.807, 2.05) is 68.6 Å². The van der Waals surface area contributed by atoms with Gasteiger partial charge in [0.15, 0.2) is 0 Å². The summed E-state index contributed by atoms with van der Waals surface area (Å²) in [6, 6.07) is 17.2. The molecule has 2 aliphatic heterocycles. The second-order valence-electron chi connectivity index (χ2n) is 15.9. The lowest BCUT2D eigenvalue weighted by Crippen LogP contribution is -2.40. The molecule has 11 nitrogen and oxygen atoms in total. The molecule has 0 saturated carbocycles. The molecular formula is C45H53FN7O4P. The molecule has 5 heterocycles. The fourth-order valence-corrected chi connectivity index (χ4v) is 11.3. The Morgan fingerprint density at radius 2 is 1.67 bits per heavy atom. The maximum Gasteiger partial charge on any atom is 0.338 e. The first-order chi connectivity index (χ1) is 27.9. The van der Waals surface area contributed by atoms with Crippen LogP contribution in [0.25, 0.3) is 28.1 Å². The monoisotopic (exact) mass is 805 g/mol. The molecule has 8 rings (SSSR count). The molecule has 58 heavy (non-hydrogen) atoms. The van der Waals surface area contributed by atoms with E-state index in [4.69, 9.17) is 9.84 Å². The van der Waals surface area contributed by atoms with Gasteiger partial charge in [-0.1, -0.05) is 19.9 Å². The fourth-order valence-electron chi connectivity index (χ4n) is 9.14. The van der Waals surface area contributed by atoms with Crippen LogP contribution < -0.4 is 16.3 Å². The minimum atomic E-state index is -2.60. The summed E-state index contributed by atoms with van der Waals surface area (Å²) >= 11 is 0. The second kappa shape index (κ2) is 15.6. The fraction of sp³-hybridized carbons (Fsp3) is 0.400. The number of carbonyl (C=O) groups excluding carboxylic acids is 1. The number of hydrogen-bond donors (Lipinski definition) is 1. The number of fused-ring (bicyclic) bond motifs is 2. The van der Waals surface area contributed by atoms with Gasteiger partial charge in [-0.2, -0.15) is 5.10 Å². The van der Waals surface area contributed by atoms with Gasteiger partial charge in [-0.25, -0.2) is 13.9 Å². The van der Waals surface area contributed by atoms with Crippen molar-refractivity contribution >= 4 is 29.3 Å². The molecule has 13 heteroatoms. The summed E-state index contributed by atoms with van der Waals surface area (Å²) in [7, 11) is 1.19. The standard InChI is InChI=1S/C45H53FN7O4P/c1-8-58(56,9-2)40-13-11-35(25-34(40)27-47-6)51-18-19-52(45(51)55)43-41-30(5)50(17-14-37(41)48-53(43)36-22-28(3)42(46)29(4)23-36)44(54)39-26-33-24-32(10-12-38(33)49(39)7)31-15-20-57-21-16-31/h10-13,18-19,22-26,30-31,47H,8-9,14-17,20-21,27H2,1-7H3/t30-/m0/s1. The number of halogens is 1. The van der Waals surface area contributed by atoms with Crippen LogP contribution >= 0.6 is 7.14 Å². The molecule has 3 aromatic heterocycles. The van der Waals surface area contributed by atoms with Crippen molar-refractivity contribution in [1.29, 1.82) is 0 Å². The lowest BCUT2D eigenvalue weighted by atomic mass is 9.91. The molecule has 6 aromatic rings. The zero-order chi connectivity index (χ0) is 41.0. The number of benzene rings is 3. The van der Waals surface area contributed by atoms with E-state index in [0.29, 0.717) is 71.8 Å². The number of rotatable bonds is 10. The molecule has 0 aliphatic carbocycles. The van der Waals surface area contributed by atoms with Gasteiger partial charge < -0.3 is 24.1 Å². The summed E-state index contributed by atoms with van der Waals surface area (Å²) in [5.74, 6) is 0.550. The van der Waals surface area contributed by atoms with Gasteiger partial charge >= 0.3 is 5.69 Å². The molecule has 3 aromatic carbocycles. The van der Waals surface area contributed by atoms with Crippen molar-refractivity contribution in [3.05, 3.63) is 122 Å². The molecule has 0 radical (unpaired) electrons. The van der Waals surface area contributed by atoms with Crippen LogP contribution in [0.15, 0.2) is 71.8 Å². The van der Waals surface area contributed by atoms with E-state index in [1.165, 1.54) is 5.56 Å². The zero-order valence-electron chi connectivity index (χ0n) is 34.5. The van der Waals surface area contributed by atoms with E-state index in [-0.39, 0.29) is 17.4 Å². The highest BCUT2D eigenvalue weighted by molar-refractivity contribution is 7.71. The number of aromatic nitrogens is 5. The summed E-state index contributed by atoms with van der Waals surface area (Å²) in [6.07, 6.45) is 7.02. The third-order valence-electron chi connectivity index (χ3n) is 12.5. The predicted molar refractivity (Wildman–Crippen MR) is 228 cm³/mol. The van der Waals surface area contributed by atoms with Crippen LogP contribution in [0.3, 0.4) is 0 Å². The molecule has 1 atom stereocenters. The Balaban J connectivity index is 1.23. The number of ether oxygens (including phenoxy) is 1. The van der Waals surface area contributed by atoms with Crippen molar-refractivity contribution < 1.29 is 18.5 Å². The Kier molecular flexibility index (Phi) is 10.7. The highest BCUT2D eigenvalue weighted by atomic mass is 31.2. The van der Waals surface area contributed by atoms with E-state index in [1.54, 1.807) is 52.2 Å². The summed E-state index contributed by atoms with van der Waals surface area (Å²) in [6.45, 7) is 11.8. The van der Waals surface area contributed by atoms with E-state index in [9.17, 15) is 18.5 Å². The van der Waals surface area contributed by atoms with Gasteiger partial charge in [0.25, 0.3) is 5.91 Å². The molecule has 1 saturated heterocycles. The summed E-state index contributed by atoms with van der Waals surface area (Å²) in [5, 5.41) is 10.2. The Labute approximate surface area is 338 Å². The summed E-state index contributed by atoms with van der Waals surface area (Å²) < 4.78 is 41.3. The maximum absolute atomic E-state index is 15.0. The van der Waals surface area contributed by atoms with Crippen molar-refractivity contribution in [1.82, 2.24) is 33.7 Å². The molecular weight excluding hydrogens is 753 g/mol. The minimum Gasteiger partial charge on any atom is -0.381 e. The highest BCUT2D eigenvalue weighted by Crippen LogP contribution is 2.45. The molecule has 1 N–H and O–H groups in total. The third-order valence-corrected chi connectivity index (χ3v) is 15.9. The van der Waals surface area contributed by atoms with Crippen molar-refractivity contribution in [2.24, 2.45) is 7.05 Å². The molecule has 1 fully saturated rings. The molecule has 0 bridgehead atoms. The van der Waals surface area contributed by atoms with E-state index in [2.05, 4.69) is 23.5 Å². The smallest absolute Gasteiger partial charge is 0.338 e. The maximum atomic E-state index is 15.0. The number of hydrogen-bond acceptors (Lipinski definition) is 6. The molecule has 304 valence electrons. The number of amides is 1. The van der Waals surface area contributed by atoms with Gasteiger partial charge in [-0.15, -0.1) is 0 Å². The van der Waals surface area contributed by atoms with E-state index >= 15 is 0 Å². The summed E-state index contributed by atoms with van der Waals surface area (Å²) in [5.41, 5.74) is 7.15. The minimum absolute atomic E-state index is 0.102. The average molecular weight is 806 g/mol. The van der Waals surface area contributed by atoms with Crippen LogP contribution in [0.2, 0.25) is 0 Å². The van der Waals surface area contributed by atoms with E-state index in [0.717, 1.165) is 59.1 Å². The lowest BCUT2D eigenvalue weighted by Gasteiger charge is -2.33. The van der Waals surface area contributed by atoms with Gasteiger partial charge in [-0.3, -0.25) is 13.9 Å². The number of nitrogens with one attached hydrogen (secondary N) is 1. The molecule has 1 amide bonds. The quantitative estimate of drug-likeness (QED) is 0.144. The second-order valence-corrected chi connectivity index (χ2v) is 19.4. The largest absolute Gasteiger partial charge is 0.381 e. The van der Waals surface area contributed by atoms with Crippen LogP contribution in [-0.2, 0) is 29.3 Å². The average Bonchev–Trinajstić information content (AvgIpc) is 3.92. The lowest BCUT2D eigenvalue weighted by molar-refractivity contribution is 0.0667. The van der Waals surface area contributed by atoms with Crippen molar-refractivity contribution in [3.63, 3.8) is 0 Å². The van der Waals surface area contributed by atoms with Gasteiger partial charge in [0.2, 0.25) is 0 Å². The van der Waals surface area contributed by atoms with Crippen molar-refractivity contribution in [2.75, 3.05) is 39.1 Å². The number of nitrogens with zero attached hydrogens (tertiary/aromatic N) is 6. The van der Waals surface area contributed by atoms with Crippen LogP contribution in [0, 0.1) is 19.7 Å². The Morgan fingerprint density at radius 1 is 0.966 bits per heavy atom. The molecule has 2 aliphatic rings. The molecule has 0 spiro atoms. The number of aryl methyl sites for hydroxylation is 3. The van der Waals surface area contributed by atoms with Crippen LogP contribution in [0.5, 0.6) is 0 Å². The van der Waals surface area contributed by atoms with Crippen LogP contribution in [0.1, 0.15) is 89.6 Å². The van der Waals surface area contributed by atoms with E-state index < -0.39 is 13.2 Å². The first kappa shape index (κ1) is 39.8. The Bertz CT molecular complexity index is 2630. The predicted octanol–water partition coefficient (Wildman–Crippen LogP) is 7.46. The Hall–Kier alpha value is -5.03. The molecule has 0 unspecified atom stereocenters. The third kappa shape index (κ3) is 6.69. The van der Waals surface area contributed by atoms with Gasteiger partial charge in [0, 0.05) is 86.3 Å². The SMILES string of the molecule is CCP(=O)(CC)c1ccc(-n2ccn(-c3c4c(nn3-c3cc(C)c(F)c(C)c3)CCN(C(=O)c3cc5cc(C6CCOCC6)ccc5n3C)[C@H]4C)c2=O)cc1CNC. The van der Waals surface area contributed by atoms with Crippen LogP contribution in [0.4, 0.5) is 4.39 Å². The van der Waals surface area contributed by atoms with Gasteiger partial charge in [0.05, 0.1) is 23.1 Å². The first-order valence-electron chi connectivity index (χ1n) is 20.4. The summed E-state index contributed by atoms with van der Waals surface area (Å²) in [4.78, 5) is 31.2. The normalized spacial score (nSPS) is 16.3. The van der Waals surface area contributed by atoms with Gasteiger partial charge in [0.1, 0.15) is 24.5 Å². The Morgan fingerprint density at radius 3 is 2.36 bits per heavy atom. The zero-order valence-corrected chi connectivity index (χ0v) is 35.4. The van der Waals surface area contributed by atoms with Crippen LogP contribution in [-0.4, -0.2) is 73.4 Å². The van der Waals surface area contributed by atoms with Gasteiger partial charge in [-0.05, 0) is 117 Å².